The number of halogens is 1. The number of primary amides is 1. The van der Waals surface area contributed by atoms with E-state index in [0.29, 0.717) is 18.8 Å². The van der Waals surface area contributed by atoms with Crippen molar-refractivity contribution in [3.8, 4) is 0 Å². The van der Waals surface area contributed by atoms with Gasteiger partial charge in [0, 0.05) is 6.54 Å². The quantitative estimate of drug-likeness (QED) is 0.883. The first-order valence-electron chi connectivity index (χ1n) is 6.88. The Bertz CT molecular complexity index is 692. The first kappa shape index (κ1) is 14.4. The van der Waals surface area contributed by atoms with Crippen LogP contribution in [0.5, 0.6) is 0 Å². The minimum atomic E-state index is -0.651. The van der Waals surface area contributed by atoms with E-state index < -0.39 is 12.0 Å². The Hall–Kier alpha value is -2.54. The molecule has 1 saturated heterocycles. The molecule has 6 nitrogen and oxygen atoms in total. The number of nitrogens with zero attached hydrogens (tertiary/aromatic N) is 3. The fourth-order valence-electron chi connectivity index (χ4n) is 2.71. The Morgan fingerprint density at radius 3 is 2.77 bits per heavy atom. The second kappa shape index (κ2) is 5.69. The molecule has 0 radical (unpaired) electrons. The van der Waals surface area contributed by atoms with Crippen LogP contribution >= 0.6 is 0 Å². The largest absolute Gasteiger partial charge is 0.391 e. The molecule has 114 valence electrons. The molecule has 0 bridgehead atoms. The van der Waals surface area contributed by atoms with Crippen molar-refractivity contribution >= 4 is 11.7 Å². The molecule has 0 saturated carbocycles. The maximum Gasteiger partial charge on any atom is 0.269 e. The molecule has 1 aromatic heterocycles. The lowest BCUT2D eigenvalue weighted by molar-refractivity contribution is 0.0994. The third-order valence-electron chi connectivity index (χ3n) is 3.71. The van der Waals surface area contributed by atoms with Crippen LogP contribution in [0.4, 0.5) is 10.2 Å². The maximum atomic E-state index is 13.4. The number of rotatable bonds is 3. The van der Waals surface area contributed by atoms with Gasteiger partial charge in [-0.1, -0.05) is 12.1 Å². The molecule has 1 aromatic carbocycles. The number of aliphatic hydroxyl groups is 1. The number of carbonyl (C=O) groups excluding carboxylic acids is 1. The van der Waals surface area contributed by atoms with Crippen molar-refractivity contribution < 1.29 is 14.3 Å². The van der Waals surface area contributed by atoms with E-state index in [1.807, 2.05) is 11.0 Å². The number of nitrogens with two attached hydrogens (primary N) is 1. The van der Waals surface area contributed by atoms with Gasteiger partial charge in [0.15, 0.2) is 11.5 Å². The molecule has 2 heterocycles. The number of aromatic nitrogens is 2. The van der Waals surface area contributed by atoms with Crippen molar-refractivity contribution in [1.82, 2.24) is 10.2 Å². The van der Waals surface area contributed by atoms with Crippen molar-refractivity contribution in [1.29, 1.82) is 0 Å². The van der Waals surface area contributed by atoms with Crippen LogP contribution in [0, 0.1) is 5.82 Å². The van der Waals surface area contributed by atoms with E-state index in [1.165, 1.54) is 18.2 Å². The van der Waals surface area contributed by atoms with Crippen molar-refractivity contribution in [2.24, 2.45) is 5.73 Å². The Kier molecular flexibility index (Phi) is 3.72. The number of anilines is 1. The van der Waals surface area contributed by atoms with Crippen molar-refractivity contribution in [3.63, 3.8) is 0 Å². The van der Waals surface area contributed by atoms with Crippen molar-refractivity contribution in [2.45, 2.75) is 18.6 Å². The maximum absolute atomic E-state index is 13.4. The number of carbonyl (C=O) groups is 1. The van der Waals surface area contributed by atoms with Gasteiger partial charge in [-0.25, -0.2) is 4.39 Å². The summed E-state index contributed by atoms with van der Waals surface area (Å²) in [6, 6.07) is 9.18. The van der Waals surface area contributed by atoms with Crippen LogP contribution in [0.3, 0.4) is 0 Å². The van der Waals surface area contributed by atoms with Gasteiger partial charge in [-0.05, 0) is 36.2 Å². The SMILES string of the molecule is NC(=O)c1ccc(N2C[C@H](O)C[C@@H]2c2cccc(F)c2)nn1. The van der Waals surface area contributed by atoms with E-state index in [2.05, 4.69) is 10.2 Å². The van der Waals surface area contributed by atoms with Crippen LogP contribution in [0.2, 0.25) is 0 Å². The van der Waals surface area contributed by atoms with Crippen LogP contribution < -0.4 is 10.6 Å². The molecule has 3 rings (SSSR count). The highest BCUT2D eigenvalue weighted by Crippen LogP contribution is 2.35. The standard InChI is InChI=1S/C15H15FN4O2/c16-10-3-1-2-9(6-10)13-7-11(21)8-20(13)14-5-4-12(15(17)22)18-19-14/h1-6,11,13,21H,7-8H2,(H2,17,22)/t11-,13-/m1/s1. The molecule has 0 aliphatic carbocycles. The van der Waals surface area contributed by atoms with Crippen LogP contribution in [0.15, 0.2) is 36.4 Å². The van der Waals surface area contributed by atoms with E-state index in [4.69, 9.17) is 5.73 Å². The topological polar surface area (TPSA) is 92.3 Å². The molecule has 1 amide bonds. The summed E-state index contributed by atoms with van der Waals surface area (Å²) in [4.78, 5) is 12.9. The molecule has 22 heavy (non-hydrogen) atoms. The molecule has 7 heteroatoms. The van der Waals surface area contributed by atoms with Gasteiger partial charge >= 0.3 is 0 Å². The highest BCUT2D eigenvalue weighted by atomic mass is 19.1. The van der Waals surface area contributed by atoms with E-state index in [0.717, 1.165) is 5.56 Å². The highest BCUT2D eigenvalue weighted by Gasteiger charge is 2.33. The zero-order valence-corrected chi connectivity index (χ0v) is 11.7. The molecule has 1 fully saturated rings. The van der Waals surface area contributed by atoms with E-state index in [9.17, 15) is 14.3 Å². The summed E-state index contributed by atoms with van der Waals surface area (Å²) in [5.41, 5.74) is 5.97. The molecule has 2 aromatic rings. The Morgan fingerprint density at radius 1 is 1.32 bits per heavy atom. The summed E-state index contributed by atoms with van der Waals surface area (Å²) in [6.45, 7) is 0.367. The van der Waals surface area contributed by atoms with Gasteiger partial charge in [0.1, 0.15) is 5.82 Å². The average Bonchev–Trinajstić information content (AvgIpc) is 2.89. The Labute approximate surface area is 126 Å². The van der Waals surface area contributed by atoms with Gasteiger partial charge in [0.05, 0.1) is 12.1 Å². The lowest BCUT2D eigenvalue weighted by Crippen LogP contribution is -2.26. The van der Waals surface area contributed by atoms with Crippen LogP contribution in [-0.4, -0.2) is 33.9 Å². The van der Waals surface area contributed by atoms with Crippen LogP contribution in [-0.2, 0) is 0 Å². The zero-order valence-electron chi connectivity index (χ0n) is 11.7. The third kappa shape index (κ3) is 2.75. The molecule has 3 N–H and O–H groups in total. The summed E-state index contributed by atoms with van der Waals surface area (Å²) < 4.78 is 13.4. The number of aliphatic hydroxyl groups excluding tert-OH is 1. The normalized spacial score (nSPS) is 21.1. The predicted octanol–water partition coefficient (Wildman–Crippen LogP) is 1.03. The minimum Gasteiger partial charge on any atom is -0.391 e. The van der Waals surface area contributed by atoms with Crippen LogP contribution in [0.25, 0.3) is 0 Å². The molecule has 0 spiro atoms. The molecule has 2 atom stereocenters. The van der Waals surface area contributed by atoms with Gasteiger partial charge in [-0.2, -0.15) is 0 Å². The molecule has 1 aliphatic heterocycles. The molecule has 1 aliphatic rings. The van der Waals surface area contributed by atoms with Crippen LogP contribution in [0.1, 0.15) is 28.5 Å². The average molecular weight is 302 g/mol. The van der Waals surface area contributed by atoms with Gasteiger partial charge < -0.3 is 15.7 Å². The lowest BCUT2D eigenvalue weighted by atomic mass is 10.0. The van der Waals surface area contributed by atoms with E-state index in [-0.39, 0.29) is 17.6 Å². The highest BCUT2D eigenvalue weighted by molar-refractivity contribution is 5.90. The zero-order chi connectivity index (χ0) is 15.7. The summed E-state index contributed by atoms with van der Waals surface area (Å²) in [7, 11) is 0. The predicted molar refractivity (Wildman–Crippen MR) is 77.7 cm³/mol. The van der Waals surface area contributed by atoms with Gasteiger partial charge in [-0.15, -0.1) is 10.2 Å². The Balaban J connectivity index is 1.92. The first-order chi connectivity index (χ1) is 10.5. The summed E-state index contributed by atoms with van der Waals surface area (Å²) >= 11 is 0. The second-order valence-electron chi connectivity index (χ2n) is 5.25. The van der Waals surface area contributed by atoms with E-state index >= 15 is 0 Å². The summed E-state index contributed by atoms with van der Waals surface area (Å²) in [5, 5.41) is 17.7. The Morgan fingerprint density at radius 2 is 2.14 bits per heavy atom. The third-order valence-corrected chi connectivity index (χ3v) is 3.71. The number of β-amino-alcohol motifs (C(OH)–C–C–N with tert-alkyl or cyclic N) is 1. The lowest BCUT2D eigenvalue weighted by Gasteiger charge is -2.25. The summed E-state index contributed by atoms with van der Waals surface area (Å²) in [5.74, 6) is -0.466. The summed E-state index contributed by atoms with van der Waals surface area (Å²) in [6.07, 6.45) is -0.0613. The van der Waals surface area contributed by atoms with Crippen molar-refractivity contribution in [3.05, 3.63) is 53.5 Å². The smallest absolute Gasteiger partial charge is 0.269 e. The fraction of sp³-hybridized carbons (Fsp3) is 0.267. The first-order valence-corrected chi connectivity index (χ1v) is 6.88. The number of amides is 1. The van der Waals surface area contributed by atoms with Gasteiger partial charge in [0.25, 0.3) is 5.91 Å². The number of benzene rings is 1. The number of hydrogen-bond donors (Lipinski definition) is 2. The van der Waals surface area contributed by atoms with Gasteiger partial charge in [-0.3, -0.25) is 4.79 Å². The molecular formula is C15H15FN4O2. The van der Waals surface area contributed by atoms with E-state index in [1.54, 1.807) is 12.1 Å². The second-order valence-corrected chi connectivity index (χ2v) is 5.25. The monoisotopic (exact) mass is 302 g/mol. The fourth-order valence-corrected chi connectivity index (χ4v) is 2.71. The van der Waals surface area contributed by atoms with Gasteiger partial charge in [0.2, 0.25) is 0 Å². The number of hydrogen-bond acceptors (Lipinski definition) is 5. The minimum absolute atomic E-state index is 0.0748. The molecular weight excluding hydrogens is 287 g/mol. The molecule has 0 unspecified atom stereocenters. The van der Waals surface area contributed by atoms with Crippen molar-refractivity contribution in [2.75, 3.05) is 11.4 Å².